The van der Waals surface area contributed by atoms with Gasteiger partial charge in [0.15, 0.2) is 0 Å². The molecule has 0 fully saturated rings. The fourth-order valence-electron chi connectivity index (χ4n) is 3.11. The van der Waals surface area contributed by atoms with Crippen LogP contribution in [-0.2, 0) is 6.42 Å². The van der Waals surface area contributed by atoms with E-state index in [0.717, 1.165) is 17.7 Å². The van der Waals surface area contributed by atoms with Crippen LogP contribution in [-0.4, -0.2) is 12.3 Å². The zero-order valence-electron chi connectivity index (χ0n) is 12.2. The molecule has 0 radical (unpaired) electrons. The molecule has 110 valence electrons. The van der Waals surface area contributed by atoms with Crippen molar-refractivity contribution in [3.8, 4) is 0 Å². The third-order valence-electron chi connectivity index (χ3n) is 4.09. The van der Waals surface area contributed by atoms with Crippen LogP contribution in [0.2, 0.25) is 0 Å². The van der Waals surface area contributed by atoms with Gasteiger partial charge < -0.3 is 5.32 Å². The molecule has 0 bridgehead atoms. The van der Waals surface area contributed by atoms with E-state index >= 15 is 0 Å². The Hall–Kier alpha value is -1.32. The Balaban J connectivity index is 1.88. The molecule has 0 amide bonds. The number of benzene rings is 2. The molecule has 1 aliphatic carbocycles. The van der Waals surface area contributed by atoms with Gasteiger partial charge in [-0.05, 0) is 55.6 Å². The number of fused-ring (bicyclic) bond motifs is 1. The summed E-state index contributed by atoms with van der Waals surface area (Å²) in [6.45, 7) is 0. The lowest BCUT2D eigenvalue weighted by molar-refractivity contribution is 0.547. The number of aryl methyl sites for hydroxylation is 1. The summed E-state index contributed by atoms with van der Waals surface area (Å²) in [6.07, 6.45) is 3.46. The smallest absolute Gasteiger partial charge is 0.124 e. The van der Waals surface area contributed by atoms with Crippen LogP contribution in [0.15, 0.2) is 53.4 Å². The van der Waals surface area contributed by atoms with Crippen LogP contribution in [0.4, 0.5) is 4.39 Å². The highest BCUT2D eigenvalue weighted by Gasteiger charge is 2.27. The van der Waals surface area contributed by atoms with Crippen molar-refractivity contribution in [2.24, 2.45) is 0 Å². The van der Waals surface area contributed by atoms with Crippen LogP contribution in [0.3, 0.4) is 0 Å². The molecule has 1 N–H and O–H groups in total. The summed E-state index contributed by atoms with van der Waals surface area (Å²) < 4.78 is 13.4. The molecule has 0 heterocycles. The van der Waals surface area contributed by atoms with Gasteiger partial charge in [0.1, 0.15) is 5.82 Å². The molecule has 3 rings (SSSR count). The molecule has 1 nitrogen and oxygen atoms in total. The van der Waals surface area contributed by atoms with Gasteiger partial charge in [-0.25, -0.2) is 4.39 Å². The Morgan fingerprint density at radius 2 is 2.00 bits per heavy atom. The summed E-state index contributed by atoms with van der Waals surface area (Å²) in [4.78, 5) is 1.01. The van der Waals surface area contributed by atoms with Gasteiger partial charge in [0.05, 0.1) is 0 Å². The highest BCUT2D eigenvalue weighted by atomic mass is 32.2. The van der Waals surface area contributed by atoms with E-state index in [1.807, 2.05) is 13.1 Å². The topological polar surface area (TPSA) is 12.0 Å². The van der Waals surface area contributed by atoms with Crippen molar-refractivity contribution in [2.75, 3.05) is 7.05 Å². The minimum atomic E-state index is -0.157. The molecule has 1 aliphatic rings. The largest absolute Gasteiger partial charge is 0.312 e. The highest BCUT2D eigenvalue weighted by molar-refractivity contribution is 8.00. The van der Waals surface area contributed by atoms with Gasteiger partial charge in [0.25, 0.3) is 0 Å². The van der Waals surface area contributed by atoms with Gasteiger partial charge in [-0.2, -0.15) is 0 Å². The van der Waals surface area contributed by atoms with Gasteiger partial charge in [-0.15, -0.1) is 11.8 Å². The van der Waals surface area contributed by atoms with E-state index in [4.69, 9.17) is 0 Å². The number of nitrogens with one attached hydrogen (secondary N) is 1. The zero-order valence-corrected chi connectivity index (χ0v) is 13.0. The third kappa shape index (κ3) is 3.30. The van der Waals surface area contributed by atoms with Gasteiger partial charge in [0.2, 0.25) is 0 Å². The van der Waals surface area contributed by atoms with Crippen LogP contribution in [0, 0.1) is 5.82 Å². The maximum Gasteiger partial charge on any atom is 0.124 e. The van der Waals surface area contributed by atoms with Crippen LogP contribution in [0.1, 0.15) is 30.0 Å². The summed E-state index contributed by atoms with van der Waals surface area (Å²) in [6, 6.07) is 15.9. The van der Waals surface area contributed by atoms with Crippen LogP contribution >= 0.6 is 11.8 Å². The fourth-order valence-corrected chi connectivity index (χ4v) is 4.50. The van der Waals surface area contributed by atoms with E-state index in [1.54, 1.807) is 23.9 Å². The summed E-state index contributed by atoms with van der Waals surface area (Å²) in [5, 5.41) is 3.90. The number of halogens is 1. The SMILES string of the molecule is CNC1c2ccccc2CCCC1Sc1cccc(F)c1. The van der Waals surface area contributed by atoms with Crippen molar-refractivity contribution in [3.63, 3.8) is 0 Å². The summed E-state index contributed by atoms with van der Waals surface area (Å²) in [5.41, 5.74) is 2.84. The van der Waals surface area contributed by atoms with Crippen molar-refractivity contribution < 1.29 is 4.39 Å². The van der Waals surface area contributed by atoms with Gasteiger partial charge in [0, 0.05) is 16.2 Å². The van der Waals surface area contributed by atoms with E-state index in [1.165, 1.54) is 23.6 Å². The molecular formula is C18H20FNS. The second-order valence-electron chi connectivity index (χ2n) is 5.47. The predicted octanol–water partition coefficient (Wildman–Crippen LogP) is 4.58. The average molecular weight is 301 g/mol. The van der Waals surface area contributed by atoms with E-state index < -0.39 is 0 Å². The lowest BCUT2D eigenvalue weighted by Crippen LogP contribution is -2.27. The van der Waals surface area contributed by atoms with Crippen molar-refractivity contribution in [1.29, 1.82) is 0 Å². The molecule has 2 unspecified atom stereocenters. The first-order valence-electron chi connectivity index (χ1n) is 7.45. The first kappa shape index (κ1) is 14.6. The maximum atomic E-state index is 13.4. The van der Waals surface area contributed by atoms with E-state index in [9.17, 15) is 4.39 Å². The minimum Gasteiger partial charge on any atom is -0.312 e. The first-order valence-corrected chi connectivity index (χ1v) is 8.33. The molecule has 0 saturated heterocycles. The fraction of sp³-hybridized carbons (Fsp3) is 0.333. The Kier molecular flexibility index (Phi) is 4.61. The molecule has 2 aromatic rings. The van der Waals surface area contributed by atoms with Crippen molar-refractivity contribution in [3.05, 3.63) is 65.5 Å². The molecule has 0 aromatic heterocycles. The second kappa shape index (κ2) is 6.63. The molecule has 0 spiro atoms. The number of hydrogen-bond donors (Lipinski definition) is 1. The maximum absolute atomic E-state index is 13.4. The second-order valence-corrected chi connectivity index (χ2v) is 6.78. The van der Waals surface area contributed by atoms with E-state index in [2.05, 4.69) is 29.6 Å². The Bertz CT molecular complexity index is 614. The van der Waals surface area contributed by atoms with Crippen LogP contribution in [0.5, 0.6) is 0 Å². The summed E-state index contributed by atoms with van der Waals surface area (Å²) in [7, 11) is 2.02. The summed E-state index contributed by atoms with van der Waals surface area (Å²) >= 11 is 1.79. The quantitative estimate of drug-likeness (QED) is 0.833. The number of hydrogen-bond acceptors (Lipinski definition) is 2. The number of thioether (sulfide) groups is 1. The molecule has 0 saturated carbocycles. The van der Waals surface area contributed by atoms with E-state index in [-0.39, 0.29) is 5.82 Å². The Morgan fingerprint density at radius 3 is 2.81 bits per heavy atom. The minimum absolute atomic E-state index is 0.157. The molecule has 2 atom stereocenters. The molecular weight excluding hydrogens is 281 g/mol. The third-order valence-corrected chi connectivity index (χ3v) is 5.43. The summed E-state index contributed by atoms with van der Waals surface area (Å²) in [5.74, 6) is -0.157. The molecule has 2 aromatic carbocycles. The van der Waals surface area contributed by atoms with Crippen LogP contribution < -0.4 is 5.32 Å². The van der Waals surface area contributed by atoms with Gasteiger partial charge >= 0.3 is 0 Å². The highest BCUT2D eigenvalue weighted by Crippen LogP contribution is 2.39. The van der Waals surface area contributed by atoms with Crippen molar-refractivity contribution in [2.45, 2.75) is 35.4 Å². The lowest BCUT2D eigenvalue weighted by Gasteiger charge is -2.26. The Morgan fingerprint density at radius 1 is 1.14 bits per heavy atom. The van der Waals surface area contributed by atoms with Gasteiger partial charge in [-0.3, -0.25) is 0 Å². The molecule has 0 aliphatic heterocycles. The van der Waals surface area contributed by atoms with Gasteiger partial charge in [-0.1, -0.05) is 30.3 Å². The molecule has 3 heteroatoms. The number of rotatable bonds is 3. The molecule has 21 heavy (non-hydrogen) atoms. The van der Waals surface area contributed by atoms with E-state index in [0.29, 0.717) is 11.3 Å². The predicted molar refractivity (Wildman–Crippen MR) is 87.2 cm³/mol. The van der Waals surface area contributed by atoms with Crippen LogP contribution in [0.25, 0.3) is 0 Å². The Labute approximate surface area is 130 Å². The first-order chi connectivity index (χ1) is 10.3. The van der Waals surface area contributed by atoms with Crippen molar-refractivity contribution in [1.82, 2.24) is 5.32 Å². The lowest BCUT2D eigenvalue weighted by atomic mass is 9.99. The standard InChI is InChI=1S/C18H20FNS/c1-20-18-16-10-3-2-6-13(16)7-4-11-17(18)21-15-9-5-8-14(19)12-15/h2-3,5-6,8-10,12,17-18,20H,4,7,11H2,1H3. The zero-order chi connectivity index (χ0) is 14.7. The van der Waals surface area contributed by atoms with Crippen molar-refractivity contribution >= 4 is 11.8 Å². The average Bonchev–Trinajstić information content (AvgIpc) is 2.66. The normalized spacial score (nSPS) is 21.6. The monoisotopic (exact) mass is 301 g/mol.